The Kier molecular flexibility index (Phi) is 32.3. The van der Waals surface area contributed by atoms with Gasteiger partial charge in [0.2, 0.25) is 5.91 Å². The SMILES string of the molecule is CC(=O)Nc1ccc(OCCOCCOCCOCCOCCOCCOCCOCCOCCOCCOCCOCCF)cc1. The molecule has 0 spiro atoms. The predicted octanol–water partition coefficient (Wildman–Crippen LogP) is 2.18. The van der Waals surface area contributed by atoms with E-state index in [0.29, 0.717) is 151 Å². The van der Waals surface area contributed by atoms with Gasteiger partial charge in [0.05, 0.1) is 145 Å². The van der Waals surface area contributed by atoms with Gasteiger partial charge in [0, 0.05) is 12.6 Å². The maximum Gasteiger partial charge on any atom is 0.221 e. The minimum absolute atomic E-state index is 0.109. The number of amides is 1. The van der Waals surface area contributed by atoms with E-state index in [2.05, 4.69) is 5.32 Å². The van der Waals surface area contributed by atoms with Crippen LogP contribution in [0, 0.1) is 0 Å². The Balaban J connectivity index is 1.66. The first-order chi connectivity index (χ1) is 23.2. The summed E-state index contributed by atoms with van der Waals surface area (Å²) in [5.41, 5.74) is 0.728. The van der Waals surface area contributed by atoms with Gasteiger partial charge in [-0.05, 0) is 24.3 Å². The van der Waals surface area contributed by atoms with Crippen molar-refractivity contribution in [2.45, 2.75) is 6.92 Å². The maximum absolute atomic E-state index is 11.8. The predicted molar refractivity (Wildman–Crippen MR) is 171 cm³/mol. The highest BCUT2D eigenvalue weighted by Gasteiger charge is 1.99. The number of halogens is 1. The van der Waals surface area contributed by atoms with Gasteiger partial charge < -0.3 is 62.2 Å². The van der Waals surface area contributed by atoms with Crippen LogP contribution in [0.4, 0.5) is 10.1 Å². The number of alkyl halides is 1. The molecule has 0 aliphatic rings. The van der Waals surface area contributed by atoms with Gasteiger partial charge in [-0.1, -0.05) is 0 Å². The van der Waals surface area contributed by atoms with Crippen molar-refractivity contribution in [1.29, 1.82) is 0 Å². The molecule has 15 heteroatoms. The Hall–Kier alpha value is -2.02. The van der Waals surface area contributed by atoms with Crippen LogP contribution in [0.1, 0.15) is 6.92 Å². The summed E-state index contributed by atoms with van der Waals surface area (Å²) in [6.07, 6.45) is 0. The molecule has 0 fully saturated rings. The molecule has 1 N–H and O–H groups in total. The monoisotopic (exact) mass is 681 g/mol. The minimum atomic E-state index is -0.478. The molecular formula is C32H56FNO13. The average molecular weight is 682 g/mol. The van der Waals surface area contributed by atoms with Crippen molar-refractivity contribution in [3.8, 4) is 5.75 Å². The molecule has 1 amide bonds. The fourth-order valence-corrected chi connectivity index (χ4v) is 3.41. The summed E-state index contributed by atoms with van der Waals surface area (Å²) in [4.78, 5) is 11.0. The zero-order valence-electron chi connectivity index (χ0n) is 28.0. The van der Waals surface area contributed by atoms with Crippen molar-refractivity contribution in [1.82, 2.24) is 0 Å². The quantitative estimate of drug-likeness (QED) is 0.103. The van der Waals surface area contributed by atoms with Crippen LogP contribution in [0.3, 0.4) is 0 Å². The Labute approximate surface area is 278 Å². The third-order valence-electron chi connectivity index (χ3n) is 5.61. The summed E-state index contributed by atoms with van der Waals surface area (Å²) in [7, 11) is 0. The maximum atomic E-state index is 11.8. The Morgan fingerprint density at radius 2 is 0.702 bits per heavy atom. The van der Waals surface area contributed by atoms with Gasteiger partial charge in [-0.15, -0.1) is 0 Å². The van der Waals surface area contributed by atoms with Crippen LogP contribution >= 0.6 is 0 Å². The minimum Gasteiger partial charge on any atom is -0.491 e. The van der Waals surface area contributed by atoms with Crippen LogP contribution in [0.2, 0.25) is 0 Å². The summed E-state index contributed by atoms with van der Waals surface area (Å²) in [6.45, 7) is 11.5. The number of rotatable bonds is 37. The molecule has 0 bridgehead atoms. The van der Waals surface area contributed by atoms with Gasteiger partial charge in [-0.3, -0.25) is 4.79 Å². The first-order valence-electron chi connectivity index (χ1n) is 16.1. The highest BCUT2D eigenvalue weighted by molar-refractivity contribution is 5.88. The molecule has 0 aliphatic carbocycles. The summed E-state index contributed by atoms with van der Waals surface area (Å²) in [6, 6.07) is 7.16. The number of hydrogen-bond acceptors (Lipinski definition) is 13. The standard InChI is InChI=1S/C32H56FNO13/c1-30(35)34-31-2-4-32(5-3-31)47-29-28-46-27-26-45-25-24-44-23-22-43-21-20-42-19-18-41-17-16-40-15-14-39-13-12-38-11-10-37-9-8-36-7-6-33/h2-5H,6-29H2,1H3,(H,34,35). The number of benzene rings is 1. The van der Waals surface area contributed by atoms with Gasteiger partial charge in [-0.25, -0.2) is 4.39 Å². The van der Waals surface area contributed by atoms with Gasteiger partial charge in [0.25, 0.3) is 0 Å². The van der Waals surface area contributed by atoms with Gasteiger partial charge in [0.15, 0.2) is 0 Å². The largest absolute Gasteiger partial charge is 0.491 e. The second-order valence-electron chi connectivity index (χ2n) is 9.48. The Bertz CT molecular complexity index is 795. The second-order valence-corrected chi connectivity index (χ2v) is 9.48. The first-order valence-corrected chi connectivity index (χ1v) is 16.1. The van der Waals surface area contributed by atoms with Crippen molar-refractivity contribution >= 4 is 11.6 Å². The molecule has 0 saturated carbocycles. The number of ether oxygens (including phenoxy) is 12. The normalized spacial score (nSPS) is 11.3. The number of nitrogens with one attached hydrogen (secondary N) is 1. The molecule has 1 rings (SSSR count). The lowest BCUT2D eigenvalue weighted by Gasteiger charge is -2.09. The first kappa shape index (κ1) is 43.0. The molecule has 0 saturated heterocycles. The number of carbonyl (C=O) groups excluding carboxylic acids is 1. The van der Waals surface area contributed by atoms with Gasteiger partial charge >= 0.3 is 0 Å². The van der Waals surface area contributed by atoms with E-state index < -0.39 is 6.67 Å². The van der Waals surface area contributed by atoms with E-state index in [1.54, 1.807) is 24.3 Å². The fraction of sp³-hybridized carbons (Fsp3) is 0.781. The third kappa shape index (κ3) is 32.3. The lowest BCUT2D eigenvalue weighted by Crippen LogP contribution is -2.15. The zero-order valence-corrected chi connectivity index (χ0v) is 28.0. The van der Waals surface area contributed by atoms with Crippen LogP contribution < -0.4 is 10.1 Å². The average Bonchev–Trinajstić information content (AvgIpc) is 3.07. The van der Waals surface area contributed by atoms with E-state index in [4.69, 9.17) is 56.8 Å². The zero-order chi connectivity index (χ0) is 33.7. The lowest BCUT2D eigenvalue weighted by atomic mass is 10.3. The molecule has 14 nitrogen and oxygen atoms in total. The Morgan fingerprint density at radius 3 is 0.957 bits per heavy atom. The summed E-state index contributed by atoms with van der Waals surface area (Å²) < 4.78 is 76.8. The van der Waals surface area contributed by atoms with E-state index in [0.717, 1.165) is 5.69 Å². The molecule has 0 aromatic heterocycles. The summed E-state index contributed by atoms with van der Waals surface area (Å²) in [5, 5.41) is 2.71. The number of anilines is 1. The van der Waals surface area contributed by atoms with Crippen LogP contribution in [-0.4, -0.2) is 165 Å². The number of hydrogen-bond donors (Lipinski definition) is 1. The highest BCUT2D eigenvalue weighted by Crippen LogP contribution is 2.15. The van der Waals surface area contributed by atoms with Crippen LogP contribution in [0.15, 0.2) is 24.3 Å². The summed E-state index contributed by atoms with van der Waals surface area (Å²) in [5.74, 6) is 0.602. The van der Waals surface area contributed by atoms with Crippen molar-refractivity contribution in [2.75, 3.05) is 164 Å². The van der Waals surface area contributed by atoms with Gasteiger partial charge in [0.1, 0.15) is 19.0 Å². The molecule has 0 radical (unpaired) electrons. The van der Waals surface area contributed by atoms with Crippen LogP contribution in [0.25, 0.3) is 0 Å². The van der Waals surface area contributed by atoms with Crippen molar-refractivity contribution in [3.63, 3.8) is 0 Å². The Morgan fingerprint density at radius 1 is 0.447 bits per heavy atom. The molecule has 1 aromatic carbocycles. The van der Waals surface area contributed by atoms with Crippen molar-refractivity contribution in [3.05, 3.63) is 24.3 Å². The van der Waals surface area contributed by atoms with Crippen molar-refractivity contribution < 1.29 is 66.0 Å². The smallest absolute Gasteiger partial charge is 0.221 e. The van der Waals surface area contributed by atoms with E-state index in [9.17, 15) is 9.18 Å². The lowest BCUT2D eigenvalue weighted by molar-refractivity contribution is -0.114. The fourth-order valence-electron chi connectivity index (χ4n) is 3.41. The van der Waals surface area contributed by atoms with Gasteiger partial charge in [-0.2, -0.15) is 0 Å². The molecule has 0 heterocycles. The van der Waals surface area contributed by atoms with Crippen molar-refractivity contribution in [2.24, 2.45) is 0 Å². The topological polar surface area (TPSA) is 140 Å². The van der Waals surface area contributed by atoms with E-state index in [1.165, 1.54) is 6.92 Å². The highest BCUT2D eigenvalue weighted by atomic mass is 19.1. The van der Waals surface area contributed by atoms with E-state index >= 15 is 0 Å². The summed E-state index contributed by atoms with van der Waals surface area (Å²) >= 11 is 0. The molecular weight excluding hydrogens is 625 g/mol. The third-order valence-corrected chi connectivity index (χ3v) is 5.61. The molecule has 0 atom stereocenters. The van der Waals surface area contributed by atoms with E-state index in [1.807, 2.05) is 0 Å². The molecule has 0 unspecified atom stereocenters. The van der Waals surface area contributed by atoms with Crippen LogP contribution in [-0.2, 0) is 56.9 Å². The molecule has 1 aromatic rings. The van der Waals surface area contributed by atoms with E-state index in [-0.39, 0.29) is 12.5 Å². The number of carbonyl (C=O) groups is 1. The molecule has 0 aliphatic heterocycles. The van der Waals surface area contributed by atoms with Crippen LogP contribution in [0.5, 0.6) is 5.75 Å². The molecule has 47 heavy (non-hydrogen) atoms. The molecule has 274 valence electrons. The second kappa shape index (κ2) is 35.3.